The zero-order valence-corrected chi connectivity index (χ0v) is 22.7. The molecule has 0 spiro atoms. The van der Waals surface area contributed by atoms with Gasteiger partial charge in [0, 0.05) is 19.5 Å². The number of hydrogen-bond donors (Lipinski definition) is 0. The van der Waals surface area contributed by atoms with Gasteiger partial charge in [0.2, 0.25) is 0 Å². The largest absolute Gasteiger partial charge is 0.401 e. The maximum absolute atomic E-state index is 12.9. The van der Waals surface area contributed by atoms with Crippen LogP contribution in [-0.4, -0.2) is 21.9 Å². The number of esters is 2. The van der Waals surface area contributed by atoms with Crippen molar-refractivity contribution in [1.29, 1.82) is 0 Å². The molecule has 0 atom stereocenters. The van der Waals surface area contributed by atoms with Crippen LogP contribution in [0.5, 0.6) is 11.8 Å². The molecule has 2 aliphatic heterocycles. The molecule has 2 aliphatic rings. The third-order valence-corrected chi connectivity index (χ3v) is 9.08. The highest BCUT2D eigenvalue weighted by Crippen LogP contribution is 2.35. The van der Waals surface area contributed by atoms with E-state index in [0.29, 0.717) is 27.8 Å². The van der Waals surface area contributed by atoms with Crippen molar-refractivity contribution >= 4 is 45.8 Å². The SMILES string of the molecule is CC(C)c1ccc(-c2ccc(C3=c4nc5c(nc4OC3=O)=C(c3ccc(C(C)(C)C)s3)C(=O)O5)s2)cc1. The van der Waals surface area contributed by atoms with Gasteiger partial charge in [0.05, 0.1) is 0 Å². The van der Waals surface area contributed by atoms with E-state index in [0.717, 1.165) is 25.1 Å². The summed E-state index contributed by atoms with van der Waals surface area (Å²) in [6, 6.07) is 16.2. The van der Waals surface area contributed by atoms with Crippen molar-refractivity contribution in [3.05, 3.63) is 79.4 Å². The Kier molecular flexibility index (Phi) is 5.43. The van der Waals surface area contributed by atoms with Gasteiger partial charge in [0.25, 0.3) is 11.8 Å². The summed E-state index contributed by atoms with van der Waals surface area (Å²) < 4.78 is 11.0. The maximum Gasteiger partial charge on any atom is 0.348 e. The zero-order valence-electron chi connectivity index (χ0n) is 21.0. The Morgan fingerprint density at radius 2 is 1.22 bits per heavy atom. The van der Waals surface area contributed by atoms with Crippen LogP contribution in [0.2, 0.25) is 0 Å². The quantitative estimate of drug-likeness (QED) is 0.350. The smallest absolute Gasteiger partial charge is 0.348 e. The number of carbonyl (C=O) groups is 2. The van der Waals surface area contributed by atoms with E-state index in [1.54, 1.807) is 0 Å². The van der Waals surface area contributed by atoms with Crippen LogP contribution in [0.3, 0.4) is 0 Å². The second-order valence-corrected chi connectivity index (χ2v) is 12.6. The van der Waals surface area contributed by atoms with Gasteiger partial charge in [0.1, 0.15) is 21.8 Å². The number of hydrogen-bond acceptors (Lipinski definition) is 8. The van der Waals surface area contributed by atoms with E-state index < -0.39 is 11.9 Å². The zero-order chi connectivity index (χ0) is 26.1. The fourth-order valence-corrected chi connectivity index (χ4v) is 6.46. The van der Waals surface area contributed by atoms with E-state index in [1.807, 2.05) is 24.3 Å². The molecule has 3 aromatic heterocycles. The number of rotatable bonds is 4. The number of benzene rings is 1. The second-order valence-electron chi connectivity index (χ2n) is 10.4. The van der Waals surface area contributed by atoms with Crippen LogP contribution in [-0.2, 0) is 15.0 Å². The van der Waals surface area contributed by atoms with Crippen LogP contribution in [0.4, 0.5) is 0 Å². The van der Waals surface area contributed by atoms with Gasteiger partial charge >= 0.3 is 11.9 Å². The van der Waals surface area contributed by atoms with Crippen LogP contribution in [0.1, 0.15) is 60.7 Å². The number of ether oxygens (including phenoxy) is 2. The fourth-order valence-electron chi connectivity index (χ4n) is 4.31. The summed E-state index contributed by atoms with van der Waals surface area (Å²) >= 11 is 3.01. The predicted octanol–water partition coefficient (Wildman–Crippen LogP) is 4.92. The molecule has 37 heavy (non-hydrogen) atoms. The lowest BCUT2D eigenvalue weighted by atomic mass is 9.95. The first-order valence-electron chi connectivity index (χ1n) is 12.0. The normalized spacial score (nSPS) is 14.8. The first kappa shape index (κ1) is 23.8. The van der Waals surface area contributed by atoms with E-state index in [2.05, 4.69) is 68.9 Å². The molecule has 0 aliphatic carbocycles. The Morgan fingerprint density at radius 1 is 0.703 bits per heavy atom. The third kappa shape index (κ3) is 4.01. The standard InChI is InChI=1S/C29H24N2O4S2/c1-14(2)15-6-8-16(9-7-15)17-10-11-18(36-17)21-23-25(34-27(21)32)31-24-22(28(33)35-26(24)30-23)19-12-13-20(37-19)29(3,4)5/h6-14H,1-5H3. The Balaban J connectivity index is 1.44. The molecule has 0 fully saturated rings. The molecule has 0 N–H and O–H groups in total. The summed E-state index contributed by atoms with van der Waals surface area (Å²) in [5, 5.41) is 0.597. The summed E-state index contributed by atoms with van der Waals surface area (Å²) in [5.74, 6) is -0.362. The lowest BCUT2D eigenvalue weighted by Crippen LogP contribution is -2.19. The summed E-state index contributed by atoms with van der Waals surface area (Å²) in [7, 11) is 0. The van der Waals surface area contributed by atoms with Crippen LogP contribution >= 0.6 is 22.7 Å². The van der Waals surface area contributed by atoms with E-state index in [4.69, 9.17) is 9.47 Å². The van der Waals surface area contributed by atoms with Crippen molar-refractivity contribution in [1.82, 2.24) is 9.97 Å². The average molecular weight is 529 g/mol. The van der Waals surface area contributed by atoms with Crippen molar-refractivity contribution in [2.45, 2.75) is 46.0 Å². The number of thiophene rings is 2. The highest BCUT2D eigenvalue weighted by atomic mass is 32.1. The monoisotopic (exact) mass is 528 g/mol. The highest BCUT2D eigenvalue weighted by molar-refractivity contribution is 7.17. The van der Waals surface area contributed by atoms with Crippen LogP contribution in [0.15, 0.2) is 48.5 Å². The molecule has 8 heteroatoms. The molecule has 1 aromatic carbocycles. The molecule has 0 amide bonds. The Bertz CT molecular complexity index is 1720. The number of nitrogens with zero attached hydrogens (tertiary/aromatic N) is 2. The molecule has 5 heterocycles. The van der Waals surface area contributed by atoms with Crippen molar-refractivity contribution in [2.75, 3.05) is 0 Å². The summed E-state index contributed by atoms with van der Waals surface area (Å²) in [6.45, 7) is 10.7. The van der Waals surface area contributed by atoms with Gasteiger partial charge < -0.3 is 9.47 Å². The molecule has 0 saturated carbocycles. The maximum atomic E-state index is 12.9. The second kappa shape index (κ2) is 8.46. The van der Waals surface area contributed by atoms with Gasteiger partial charge in [-0.1, -0.05) is 58.9 Å². The molecule has 0 saturated heterocycles. The number of aromatic nitrogens is 2. The summed E-state index contributed by atoms with van der Waals surface area (Å²) in [4.78, 5) is 38.4. The van der Waals surface area contributed by atoms with E-state index >= 15 is 0 Å². The lowest BCUT2D eigenvalue weighted by molar-refractivity contribution is -0.128. The van der Waals surface area contributed by atoms with Crippen molar-refractivity contribution in [3.63, 3.8) is 0 Å². The van der Waals surface area contributed by atoms with Gasteiger partial charge in [-0.3, -0.25) is 0 Å². The fraction of sp³-hybridized carbons (Fsp3) is 0.241. The van der Waals surface area contributed by atoms with E-state index in [1.165, 1.54) is 28.2 Å². The first-order valence-corrected chi connectivity index (χ1v) is 13.7. The Hall–Kier alpha value is -3.62. The molecule has 186 valence electrons. The molecule has 0 unspecified atom stereocenters. The van der Waals surface area contributed by atoms with Crippen LogP contribution < -0.4 is 20.2 Å². The van der Waals surface area contributed by atoms with Gasteiger partial charge in [-0.15, -0.1) is 22.7 Å². The van der Waals surface area contributed by atoms with Gasteiger partial charge in [-0.25, -0.2) is 19.6 Å². The minimum absolute atomic E-state index is 0.0478. The van der Waals surface area contributed by atoms with Crippen LogP contribution in [0.25, 0.3) is 21.6 Å². The van der Waals surface area contributed by atoms with Crippen LogP contribution in [0, 0.1) is 0 Å². The number of carbonyl (C=O) groups excluding carboxylic acids is 2. The molecule has 4 aromatic rings. The van der Waals surface area contributed by atoms with Gasteiger partial charge in [-0.05, 0) is 46.7 Å². The first-order chi connectivity index (χ1) is 17.6. The predicted molar refractivity (Wildman–Crippen MR) is 144 cm³/mol. The summed E-state index contributed by atoms with van der Waals surface area (Å²) in [5.41, 5.74) is 2.98. The molecule has 0 bridgehead atoms. The van der Waals surface area contributed by atoms with E-state index in [9.17, 15) is 9.59 Å². The van der Waals surface area contributed by atoms with Crippen molar-refractivity contribution in [3.8, 4) is 22.2 Å². The molecular formula is C29H24N2O4S2. The highest BCUT2D eigenvalue weighted by Gasteiger charge is 2.34. The third-order valence-electron chi connectivity index (χ3n) is 6.40. The molecule has 0 radical (unpaired) electrons. The van der Waals surface area contributed by atoms with E-state index in [-0.39, 0.29) is 17.2 Å². The molecular weight excluding hydrogens is 504 g/mol. The Labute approximate surface area is 221 Å². The number of fused-ring (bicyclic) bond motifs is 2. The topological polar surface area (TPSA) is 78.4 Å². The minimum Gasteiger partial charge on any atom is -0.401 e. The average Bonchev–Trinajstić information content (AvgIpc) is 3.61. The summed E-state index contributed by atoms with van der Waals surface area (Å²) in [6.07, 6.45) is 0. The van der Waals surface area contributed by atoms with Crippen molar-refractivity contribution in [2.24, 2.45) is 0 Å². The lowest BCUT2D eigenvalue weighted by Gasteiger charge is -2.15. The molecule has 6 nitrogen and oxygen atoms in total. The van der Waals surface area contributed by atoms with Gasteiger partial charge in [-0.2, -0.15) is 0 Å². The van der Waals surface area contributed by atoms with Crippen molar-refractivity contribution < 1.29 is 19.1 Å². The molecule has 6 rings (SSSR count). The van der Waals surface area contributed by atoms with Gasteiger partial charge in [0.15, 0.2) is 0 Å². The Morgan fingerprint density at radius 3 is 1.73 bits per heavy atom. The minimum atomic E-state index is -0.513.